The third-order valence-corrected chi connectivity index (χ3v) is 1.74. The van der Waals surface area contributed by atoms with E-state index in [0.717, 1.165) is 12.7 Å². The van der Waals surface area contributed by atoms with Crippen molar-refractivity contribution in [1.82, 2.24) is 5.32 Å². The van der Waals surface area contributed by atoms with E-state index in [0.29, 0.717) is 5.92 Å². The Bertz CT molecular complexity index is 83.0. The topological polar surface area (TPSA) is 29.1 Å². The fraction of sp³-hybridized carbons (Fsp3) is 0.857. The summed E-state index contributed by atoms with van der Waals surface area (Å²) in [5.41, 5.74) is 0. The van der Waals surface area contributed by atoms with Crippen LogP contribution in [0.2, 0.25) is 0 Å². The van der Waals surface area contributed by atoms with Gasteiger partial charge in [0.1, 0.15) is 6.29 Å². The summed E-state index contributed by atoms with van der Waals surface area (Å²) < 4.78 is 0. The standard InChI is InChI=1S/C7H15NO/c1-4-6(2)7(5-9)8-3/h5-8H,4H2,1-3H3/t6-,7+/m1/s1. The minimum atomic E-state index is 0.0370. The summed E-state index contributed by atoms with van der Waals surface area (Å²) in [6.07, 6.45) is 2.01. The molecule has 0 aromatic heterocycles. The second-order valence-electron chi connectivity index (χ2n) is 2.34. The summed E-state index contributed by atoms with van der Waals surface area (Å²) in [5.74, 6) is 0.451. The van der Waals surface area contributed by atoms with Gasteiger partial charge in [0.25, 0.3) is 0 Å². The summed E-state index contributed by atoms with van der Waals surface area (Å²) in [7, 11) is 1.81. The van der Waals surface area contributed by atoms with E-state index in [1.165, 1.54) is 0 Å². The molecule has 0 unspecified atom stereocenters. The Kier molecular flexibility index (Phi) is 4.32. The van der Waals surface area contributed by atoms with Gasteiger partial charge in [0.2, 0.25) is 0 Å². The van der Waals surface area contributed by atoms with Crippen LogP contribution < -0.4 is 5.32 Å². The van der Waals surface area contributed by atoms with Crippen molar-refractivity contribution < 1.29 is 4.79 Å². The molecule has 0 heterocycles. The van der Waals surface area contributed by atoms with Gasteiger partial charge >= 0.3 is 0 Å². The summed E-state index contributed by atoms with van der Waals surface area (Å²) in [4.78, 5) is 10.3. The van der Waals surface area contributed by atoms with Crippen LogP contribution in [-0.2, 0) is 4.79 Å². The van der Waals surface area contributed by atoms with Crippen LogP contribution in [0.5, 0.6) is 0 Å². The Labute approximate surface area is 56.6 Å². The van der Waals surface area contributed by atoms with Gasteiger partial charge in [-0.25, -0.2) is 0 Å². The monoisotopic (exact) mass is 129 g/mol. The zero-order chi connectivity index (χ0) is 7.28. The maximum atomic E-state index is 10.3. The first kappa shape index (κ1) is 8.63. The molecule has 0 aliphatic heterocycles. The van der Waals surface area contributed by atoms with E-state index in [2.05, 4.69) is 19.2 Å². The number of hydrogen-bond donors (Lipinski definition) is 1. The van der Waals surface area contributed by atoms with Crippen molar-refractivity contribution in [3.05, 3.63) is 0 Å². The minimum absolute atomic E-state index is 0.0370. The van der Waals surface area contributed by atoms with Crippen LogP contribution in [0.1, 0.15) is 20.3 Å². The predicted octanol–water partition coefficient (Wildman–Crippen LogP) is 0.819. The Morgan fingerprint density at radius 1 is 1.67 bits per heavy atom. The van der Waals surface area contributed by atoms with Crippen molar-refractivity contribution >= 4 is 6.29 Å². The molecule has 0 aliphatic carbocycles. The molecule has 0 bridgehead atoms. The van der Waals surface area contributed by atoms with Crippen LogP contribution in [0.3, 0.4) is 0 Å². The SMILES string of the molecule is CC[C@@H](C)[C@H](C=O)NC. The molecule has 0 aliphatic rings. The highest BCUT2D eigenvalue weighted by atomic mass is 16.1. The van der Waals surface area contributed by atoms with Crippen LogP contribution >= 0.6 is 0 Å². The van der Waals surface area contributed by atoms with Gasteiger partial charge in [0, 0.05) is 0 Å². The lowest BCUT2D eigenvalue weighted by molar-refractivity contribution is -0.110. The Morgan fingerprint density at radius 3 is 2.33 bits per heavy atom. The van der Waals surface area contributed by atoms with Crippen LogP contribution in [0.4, 0.5) is 0 Å². The predicted molar refractivity (Wildman–Crippen MR) is 38.4 cm³/mol. The lowest BCUT2D eigenvalue weighted by Gasteiger charge is -2.14. The number of carbonyl (C=O) groups is 1. The summed E-state index contributed by atoms with van der Waals surface area (Å²) in [6, 6.07) is 0.0370. The molecular weight excluding hydrogens is 114 g/mol. The molecule has 0 aromatic carbocycles. The van der Waals surface area contributed by atoms with Crippen molar-refractivity contribution in [3.63, 3.8) is 0 Å². The highest BCUT2D eigenvalue weighted by Gasteiger charge is 2.10. The first-order valence-electron chi connectivity index (χ1n) is 3.38. The lowest BCUT2D eigenvalue weighted by Crippen LogP contribution is -2.32. The molecule has 0 radical (unpaired) electrons. The normalized spacial score (nSPS) is 16.8. The quantitative estimate of drug-likeness (QED) is 0.569. The highest BCUT2D eigenvalue weighted by Crippen LogP contribution is 2.03. The highest BCUT2D eigenvalue weighted by molar-refractivity contribution is 5.57. The maximum absolute atomic E-state index is 10.3. The summed E-state index contributed by atoms with van der Waals surface area (Å²) in [5, 5.41) is 2.93. The van der Waals surface area contributed by atoms with Gasteiger partial charge < -0.3 is 10.1 Å². The largest absolute Gasteiger partial charge is 0.311 e. The van der Waals surface area contributed by atoms with Crippen molar-refractivity contribution in [3.8, 4) is 0 Å². The molecule has 0 aromatic rings. The Hall–Kier alpha value is -0.370. The maximum Gasteiger partial charge on any atom is 0.137 e. The zero-order valence-corrected chi connectivity index (χ0v) is 6.35. The van der Waals surface area contributed by atoms with Gasteiger partial charge in [-0.3, -0.25) is 0 Å². The van der Waals surface area contributed by atoms with E-state index in [9.17, 15) is 4.79 Å². The molecule has 0 saturated heterocycles. The van der Waals surface area contributed by atoms with Gasteiger partial charge in [-0.15, -0.1) is 0 Å². The lowest BCUT2D eigenvalue weighted by atomic mass is 10.0. The molecule has 2 atom stereocenters. The number of hydrogen-bond acceptors (Lipinski definition) is 2. The van der Waals surface area contributed by atoms with E-state index < -0.39 is 0 Å². The smallest absolute Gasteiger partial charge is 0.137 e. The first-order valence-corrected chi connectivity index (χ1v) is 3.38. The summed E-state index contributed by atoms with van der Waals surface area (Å²) >= 11 is 0. The van der Waals surface area contributed by atoms with E-state index in [4.69, 9.17) is 0 Å². The molecule has 0 rings (SSSR count). The average molecular weight is 129 g/mol. The van der Waals surface area contributed by atoms with Crippen molar-refractivity contribution in [1.29, 1.82) is 0 Å². The van der Waals surface area contributed by atoms with Crippen LogP contribution in [0.15, 0.2) is 0 Å². The van der Waals surface area contributed by atoms with Crippen molar-refractivity contribution in [2.45, 2.75) is 26.3 Å². The van der Waals surface area contributed by atoms with Crippen molar-refractivity contribution in [2.24, 2.45) is 5.92 Å². The second kappa shape index (κ2) is 4.50. The molecule has 9 heavy (non-hydrogen) atoms. The van der Waals surface area contributed by atoms with Gasteiger partial charge in [0.05, 0.1) is 6.04 Å². The van der Waals surface area contributed by atoms with Crippen LogP contribution in [-0.4, -0.2) is 19.4 Å². The number of rotatable bonds is 4. The number of nitrogens with one attached hydrogen (secondary N) is 1. The van der Waals surface area contributed by atoms with Gasteiger partial charge in [0.15, 0.2) is 0 Å². The van der Waals surface area contributed by atoms with Crippen molar-refractivity contribution in [2.75, 3.05) is 7.05 Å². The molecule has 54 valence electrons. The molecule has 0 spiro atoms. The van der Waals surface area contributed by atoms with E-state index >= 15 is 0 Å². The van der Waals surface area contributed by atoms with Crippen LogP contribution in [0, 0.1) is 5.92 Å². The van der Waals surface area contributed by atoms with E-state index in [1.807, 2.05) is 7.05 Å². The molecule has 2 heteroatoms. The Morgan fingerprint density at radius 2 is 2.22 bits per heavy atom. The second-order valence-corrected chi connectivity index (χ2v) is 2.34. The van der Waals surface area contributed by atoms with Crippen LogP contribution in [0.25, 0.3) is 0 Å². The number of carbonyl (C=O) groups excluding carboxylic acids is 1. The fourth-order valence-electron chi connectivity index (χ4n) is 0.741. The molecular formula is C7H15NO. The summed E-state index contributed by atoms with van der Waals surface area (Å²) in [6.45, 7) is 4.15. The average Bonchev–Trinajstić information content (AvgIpc) is 1.90. The third kappa shape index (κ3) is 2.61. The molecule has 0 amide bonds. The van der Waals surface area contributed by atoms with E-state index in [-0.39, 0.29) is 6.04 Å². The zero-order valence-electron chi connectivity index (χ0n) is 6.35. The molecule has 2 nitrogen and oxygen atoms in total. The Balaban J connectivity index is 3.63. The van der Waals surface area contributed by atoms with Gasteiger partial charge in [-0.05, 0) is 13.0 Å². The minimum Gasteiger partial charge on any atom is -0.311 e. The molecule has 0 saturated carbocycles. The third-order valence-electron chi connectivity index (χ3n) is 1.74. The number of aldehydes is 1. The van der Waals surface area contributed by atoms with Gasteiger partial charge in [-0.2, -0.15) is 0 Å². The van der Waals surface area contributed by atoms with E-state index in [1.54, 1.807) is 0 Å². The first-order chi connectivity index (χ1) is 4.26. The van der Waals surface area contributed by atoms with Gasteiger partial charge in [-0.1, -0.05) is 20.3 Å². The fourth-order valence-corrected chi connectivity index (χ4v) is 0.741. The molecule has 0 fully saturated rings. The molecule has 1 N–H and O–H groups in total. The number of likely N-dealkylation sites (N-methyl/N-ethyl adjacent to an activating group) is 1.